The van der Waals surface area contributed by atoms with E-state index in [0.717, 1.165) is 5.56 Å². The standard InChI is InChI=1S/C14H17N3O4/c1-9-13(17-21-16-9)14(18)15-7-6-10-4-5-11(19-2)12(8-10)20-3/h4-5,8H,6-7H2,1-3H3,(H,15,18). The van der Waals surface area contributed by atoms with Crippen molar-refractivity contribution < 1.29 is 18.9 Å². The Balaban J connectivity index is 1.92. The van der Waals surface area contributed by atoms with Crippen LogP contribution in [0.15, 0.2) is 22.8 Å². The van der Waals surface area contributed by atoms with Crippen LogP contribution in [0.2, 0.25) is 0 Å². The van der Waals surface area contributed by atoms with Crippen molar-refractivity contribution in [3.05, 3.63) is 35.2 Å². The van der Waals surface area contributed by atoms with Gasteiger partial charge >= 0.3 is 0 Å². The minimum Gasteiger partial charge on any atom is -0.493 e. The largest absolute Gasteiger partial charge is 0.493 e. The molecule has 112 valence electrons. The Labute approximate surface area is 122 Å². The number of hydrogen-bond acceptors (Lipinski definition) is 6. The molecule has 0 atom stereocenters. The number of carbonyl (C=O) groups is 1. The Hall–Kier alpha value is -2.57. The maximum Gasteiger partial charge on any atom is 0.275 e. The number of hydrogen-bond donors (Lipinski definition) is 1. The molecule has 0 bridgehead atoms. The van der Waals surface area contributed by atoms with Gasteiger partial charge in [-0.3, -0.25) is 4.79 Å². The van der Waals surface area contributed by atoms with Crippen LogP contribution >= 0.6 is 0 Å². The number of carbonyl (C=O) groups excluding carboxylic acids is 1. The lowest BCUT2D eigenvalue weighted by atomic mass is 10.1. The molecule has 1 aromatic carbocycles. The van der Waals surface area contributed by atoms with Gasteiger partial charge in [-0.25, -0.2) is 4.63 Å². The average Bonchev–Trinajstić information content (AvgIpc) is 2.93. The lowest BCUT2D eigenvalue weighted by Gasteiger charge is -2.09. The summed E-state index contributed by atoms with van der Waals surface area (Å²) < 4.78 is 14.9. The molecular formula is C14H17N3O4. The van der Waals surface area contributed by atoms with Gasteiger partial charge in [-0.15, -0.1) is 0 Å². The first-order valence-corrected chi connectivity index (χ1v) is 6.44. The topological polar surface area (TPSA) is 86.5 Å². The van der Waals surface area contributed by atoms with Gasteiger partial charge in [-0.2, -0.15) is 0 Å². The second-order valence-electron chi connectivity index (χ2n) is 4.39. The fourth-order valence-corrected chi connectivity index (χ4v) is 1.88. The normalized spacial score (nSPS) is 10.2. The molecule has 2 rings (SSSR count). The number of benzene rings is 1. The molecule has 0 fully saturated rings. The van der Waals surface area contributed by atoms with Crippen LogP contribution in [0.1, 0.15) is 21.7 Å². The van der Waals surface area contributed by atoms with Crippen LogP contribution in [0, 0.1) is 6.92 Å². The molecule has 0 saturated heterocycles. The SMILES string of the molecule is COc1ccc(CCNC(=O)c2nonc2C)cc1OC. The molecule has 0 saturated carbocycles. The number of amides is 1. The summed E-state index contributed by atoms with van der Waals surface area (Å²) in [6.45, 7) is 2.14. The third kappa shape index (κ3) is 3.50. The van der Waals surface area contributed by atoms with Crippen molar-refractivity contribution in [1.82, 2.24) is 15.6 Å². The van der Waals surface area contributed by atoms with E-state index in [1.54, 1.807) is 21.1 Å². The van der Waals surface area contributed by atoms with Gasteiger partial charge in [-0.1, -0.05) is 11.2 Å². The highest BCUT2D eigenvalue weighted by atomic mass is 16.6. The van der Waals surface area contributed by atoms with E-state index in [4.69, 9.17) is 9.47 Å². The Morgan fingerprint density at radius 3 is 2.62 bits per heavy atom. The van der Waals surface area contributed by atoms with Crippen molar-refractivity contribution in [1.29, 1.82) is 0 Å². The molecule has 0 unspecified atom stereocenters. The zero-order chi connectivity index (χ0) is 15.2. The van der Waals surface area contributed by atoms with Crippen LogP contribution in [0.5, 0.6) is 11.5 Å². The van der Waals surface area contributed by atoms with Gasteiger partial charge in [-0.05, 0) is 36.2 Å². The monoisotopic (exact) mass is 291 g/mol. The number of nitrogens with zero attached hydrogens (tertiary/aromatic N) is 2. The van der Waals surface area contributed by atoms with E-state index in [0.29, 0.717) is 30.2 Å². The lowest BCUT2D eigenvalue weighted by molar-refractivity contribution is 0.0944. The first kappa shape index (κ1) is 14.8. The van der Waals surface area contributed by atoms with E-state index in [9.17, 15) is 4.79 Å². The highest BCUT2D eigenvalue weighted by molar-refractivity contribution is 5.92. The highest BCUT2D eigenvalue weighted by Crippen LogP contribution is 2.27. The van der Waals surface area contributed by atoms with Crippen LogP contribution in [-0.4, -0.2) is 37.0 Å². The van der Waals surface area contributed by atoms with Gasteiger partial charge in [0.25, 0.3) is 5.91 Å². The number of aryl methyl sites for hydroxylation is 1. The van der Waals surface area contributed by atoms with Crippen LogP contribution < -0.4 is 14.8 Å². The van der Waals surface area contributed by atoms with E-state index in [1.807, 2.05) is 18.2 Å². The van der Waals surface area contributed by atoms with Crippen LogP contribution in [-0.2, 0) is 6.42 Å². The quantitative estimate of drug-likeness (QED) is 0.865. The van der Waals surface area contributed by atoms with Crippen LogP contribution in [0.3, 0.4) is 0 Å². The fourth-order valence-electron chi connectivity index (χ4n) is 1.88. The molecule has 21 heavy (non-hydrogen) atoms. The zero-order valence-electron chi connectivity index (χ0n) is 12.2. The number of ether oxygens (including phenoxy) is 2. The molecule has 2 aromatic rings. The third-order valence-electron chi connectivity index (χ3n) is 3.01. The number of nitrogens with one attached hydrogen (secondary N) is 1. The van der Waals surface area contributed by atoms with Gasteiger partial charge in [0, 0.05) is 6.54 Å². The Morgan fingerprint density at radius 1 is 1.24 bits per heavy atom. The maximum atomic E-state index is 11.8. The lowest BCUT2D eigenvalue weighted by Crippen LogP contribution is -2.26. The van der Waals surface area contributed by atoms with Crippen molar-refractivity contribution in [3.63, 3.8) is 0 Å². The molecule has 7 nitrogen and oxygen atoms in total. The predicted molar refractivity (Wildman–Crippen MR) is 74.6 cm³/mol. The Morgan fingerprint density at radius 2 is 2.00 bits per heavy atom. The Kier molecular flexibility index (Phi) is 4.76. The van der Waals surface area contributed by atoms with Crippen LogP contribution in [0.4, 0.5) is 0 Å². The van der Waals surface area contributed by atoms with Crippen molar-refractivity contribution >= 4 is 5.91 Å². The highest BCUT2D eigenvalue weighted by Gasteiger charge is 2.14. The summed E-state index contributed by atoms with van der Waals surface area (Å²) in [5, 5.41) is 9.89. The third-order valence-corrected chi connectivity index (χ3v) is 3.01. The van der Waals surface area contributed by atoms with E-state index in [2.05, 4.69) is 20.3 Å². The summed E-state index contributed by atoms with van der Waals surface area (Å²) >= 11 is 0. The van der Waals surface area contributed by atoms with Crippen molar-refractivity contribution in [2.75, 3.05) is 20.8 Å². The number of methoxy groups -OCH3 is 2. The molecule has 0 radical (unpaired) electrons. The minimum atomic E-state index is -0.297. The minimum absolute atomic E-state index is 0.210. The predicted octanol–water partition coefficient (Wildman–Crippen LogP) is 1.37. The number of rotatable bonds is 6. The molecule has 0 aliphatic rings. The molecule has 1 heterocycles. The van der Waals surface area contributed by atoms with Crippen molar-refractivity contribution in [2.24, 2.45) is 0 Å². The van der Waals surface area contributed by atoms with Gasteiger partial charge < -0.3 is 14.8 Å². The zero-order valence-corrected chi connectivity index (χ0v) is 12.2. The summed E-state index contributed by atoms with van der Waals surface area (Å²) in [6.07, 6.45) is 0.663. The smallest absolute Gasteiger partial charge is 0.275 e. The molecule has 1 N–H and O–H groups in total. The molecule has 1 amide bonds. The van der Waals surface area contributed by atoms with E-state index in [1.165, 1.54) is 0 Å². The molecule has 0 aliphatic heterocycles. The summed E-state index contributed by atoms with van der Waals surface area (Å²) in [4.78, 5) is 11.8. The molecule has 7 heteroatoms. The molecule has 0 aliphatic carbocycles. The van der Waals surface area contributed by atoms with Gasteiger partial charge in [0.2, 0.25) is 0 Å². The summed E-state index contributed by atoms with van der Waals surface area (Å²) in [5.41, 5.74) is 1.71. The average molecular weight is 291 g/mol. The van der Waals surface area contributed by atoms with E-state index in [-0.39, 0.29) is 11.6 Å². The second kappa shape index (κ2) is 6.74. The first-order valence-electron chi connectivity index (χ1n) is 6.44. The van der Waals surface area contributed by atoms with Crippen LogP contribution in [0.25, 0.3) is 0 Å². The molecule has 1 aromatic heterocycles. The van der Waals surface area contributed by atoms with Crippen molar-refractivity contribution in [3.8, 4) is 11.5 Å². The second-order valence-corrected chi connectivity index (χ2v) is 4.39. The Bertz CT molecular complexity index is 624. The summed E-state index contributed by atoms with van der Waals surface area (Å²) in [5.74, 6) is 1.04. The summed E-state index contributed by atoms with van der Waals surface area (Å²) in [6, 6.07) is 5.64. The maximum absolute atomic E-state index is 11.8. The van der Waals surface area contributed by atoms with Gasteiger partial charge in [0.15, 0.2) is 17.2 Å². The fraction of sp³-hybridized carbons (Fsp3) is 0.357. The van der Waals surface area contributed by atoms with Gasteiger partial charge in [0.1, 0.15) is 5.69 Å². The molecule has 0 spiro atoms. The van der Waals surface area contributed by atoms with Gasteiger partial charge in [0.05, 0.1) is 14.2 Å². The van der Waals surface area contributed by atoms with E-state index < -0.39 is 0 Å². The van der Waals surface area contributed by atoms with Crippen molar-refractivity contribution in [2.45, 2.75) is 13.3 Å². The van der Waals surface area contributed by atoms with E-state index >= 15 is 0 Å². The number of aromatic nitrogens is 2. The summed E-state index contributed by atoms with van der Waals surface area (Å²) in [7, 11) is 3.18. The first-order chi connectivity index (χ1) is 10.2. The molecular weight excluding hydrogens is 274 g/mol.